The standard InChI is InChI=1S/C15H25NO4S/c1-15(18,11-21-3)10-16-8-12(17)9-20-14-7-5-4-6-13(14)19-2/h4-7,12,16-18H,8-11H2,1-3H3. The van der Waals surface area contributed by atoms with Gasteiger partial charge in [-0.3, -0.25) is 0 Å². The SMILES string of the molecule is COc1ccccc1OCC(O)CNCC(C)(O)CSC. The minimum absolute atomic E-state index is 0.165. The summed E-state index contributed by atoms with van der Waals surface area (Å²) < 4.78 is 10.7. The number of methoxy groups -OCH3 is 1. The van der Waals surface area contributed by atoms with Gasteiger partial charge in [0.2, 0.25) is 0 Å². The molecule has 0 radical (unpaired) electrons. The number of benzene rings is 1. The lowest BCUT2D eigenvalue weighted by atomic mass is 10.1. The first-order valence-corrected chi connectivity index (χ1v) is 8.24. The Morgan fingerprint density at radius 2 is 2.00 bits per heavy atom. The number of thioether (sulfide) groups is 1. The maximum Gasteiger partial charge on any atom is 0.161 e. The van der Waals surface area contributed by atoms with Crippen LogP contribution in [0, 0.1) is 0 Å². The average Bonchev–Trinajstić information content (AvgIpc) is 2.45. The zero-order chi connectivity index (χ0) is 15.7. The molecule has 1 rings (SSSR count). The Morgan fingerprint density at radius 1 is 1.33 bits per heavy atom. The molecule has 0 aliphatic rings. The number of aliphatic hydroxyl groups is 2. The van der Waals surface area contributed by atoms with Crippen molar-refractivity contribution in [2.45, 2.75) is 18.6 Å². The van der Waals surface area contributed by atoms with Crippen molar-refractivity contribution >= 4 is 11.8 Å². The van der Waals surface area contributed by atoms with Crippen LogP contribution in [0.5, 0.6) is 11.5 Å². The fourth-order valence-corrected chi connectivity index (χ4v) is 2.58. The molecule has 2 unspecified atom stereocenters. The van der Waals surface area contributed by atoms with E-state index in [0.717, 1.165) is 0 Å². The summed E-state index contributed by atoms with van der Waals surface area (Å²) in [6.07, 6.45) is 1.30. The van der Waals surface area contributed by atoms with Gasteiger partial charge >= 0.3 is 0 Å². The van der Waals surface area contributed by atoms with Gasteiger partial charge in [0.25, 0.3) is 0 Å². The van der Waals surface area contributed by atoms with Gasteiger partial charge in [-0.25, -0.2) is 0 Å². The predicted octanol–water partition coefficient (Wildman–Crippen LogP) is 1.14. The Balaban J connectivity index is 2.29. The first-order valence-electron chi connectivity index (χ1n) is 6.84. The van der Waals surface area contributed by atoms with Crippen LogP contribution in [0.3, 0.4) is 0 Å². The third-order valence-electron chi connectivity index (χ3n) is 2.84. The number of hydrogen-bond donors (Lipinski definition) is 3. The summed E-state index contributed by atoms with van der Waals surface area (Å²) in [7, 11) is 1.58. The van der Waals surface area contributed by atoms with E-state index in [1.54, 1.807) is 37.9 Å². The van der Waals surface area contributed by atoms with Crippen molar-refractivity contribution in [1.82, 2.24) is 5.32 Å². The van der Waals surface area contributed by atoms with Crippen LogP contribution in [0.1, 0.15) is 6.92 Å². The monoisotopic (exact) mass is 315 g/mol. The summed E-state index contributed by atoms with van der Waals surface area (Å²) in [5, 5.41) is 22.9. The first kappa shape index (κ1) is 18.1. The van der Waals surface area contributed by atoms with Gasteiger partial charge < -0.3 is 25.0 Å². The highest BCUT2D eigenvalue weighted by molar-refractivity contribution is 7.98. The molecule has 0 saturated heterocycles. The summed E-state index contributed by atoms with van der Waals surface area (Å²) in [6.45, 7) is 2.73. The molecule has 3 N–H and O–H groups in total. The highest BCUT2D eigenvalue weighted by Crippen LogP contribution is 2.25. The molecule has 120 valence electrons. The van der Waals surface area contributed by atoms with E-state index in [0.29, 0.717) is 30.3 Å². The Kier molecular flexibility index (Phi) is 7.88. The van der Waals surface area contributed by atoms with Crippen LogP contribution in [-0.4, -0.2) is 60.7 Å². The lowest BCUT2D eigenvalue weighted by molar-refractivity contribution is 0.0697. The van der Waals surface area contributed by atoms with Gasteiger partial charge in [-0.2, -0.15) is 11.8 Å². The molecule has 1 aromatic rings. The summed E-state index contributed by atoms with van der Waals surface area (Å²) in [4.78, 5) is 0. The van der Waals surface area contributed by atoms with Gasteiger partial charge in [-0.05, 0) is 25.3 Å². The number of rotatable bonds is 10. The van der Waals surface area contributed by atoms with Crippen molar-refractivity contribution in [1.29, 1.82) is 0 Å². The van der Waals surface area contributed by atoms with Crippen molar-refractivity contribution in [3.63, 3.8) is 0 Å². The Morgan fingerprint density at radius 3 is 2.62 bits per heavy atom. The van der Waals surface area contributed by atoms with Crippen molar-refractivity contribution in [2.75, 3.05) is 38.8 Å². The minimum Gasteiger partial charge on any atom is -0.493 e. The molecule has 2 atom stereocenters. The van der Waals surface area contributed by atoms with Crippen molar-refractivity contribution in [3.05, 3.63) is 24.3 Å². The highest BCUT2D eigenvalue weighted by atomic mass is 32.2. The van der Waals surface area contributed by atoms with Gasteiger partial charge in [0, 0.05) is 18.8 Å². The van der Waals surface area contributed by atoms with Crippen LogP contribution in [0.2, 0.25) is 0 Å². The zero-order valence-electron chi connectivity index (χ0n) is 12.8. The van der Waals surface area contributed by atoms with Crippen LogP contribution in [0.15, 0.2) is 24.3 Å². The molecule has 0 heterocycles. The molecule has 0 aliphatic heterocycles. The van der Waals surface area contributed by atoms with Crippen LogP contribution < -0.4 is 14.8 Å². The van der Waals surface area contributed by atoms with Crippen molar-refractivity contribution < 1.29 is 19.7 Å². The Hall–Kier alpha value is -0.950. The van der Waals surface area contributed by atoms with E-state index in [2.05, 4.69) is 5.32 Å². The van der Waals surface area contributed by atoms with E-state index in [4.69, 9.17) is 9.47 Å². The van der Waals surface area contributed by atoms with Crippen molar-refractivity contribution in [3.8, 4) is 11.5 Å². The van der Waals surface area contributed by atoms with E-state index in [1.807, 2.05) is 18.4 Å². The first-order chi connectivity index (χ1) is 9.98. The fourth-order valence-electron chi connectivity index (χ4n) is 1.85. The second kappa shape index (κ2) is 9.15. The van der Waals surface area contributed by atoms with Crippen LogP contribution in [-0.2, 0) is 0 Å². The summed E-state index contributed by atoms with van der Waals surface area (Å²) in [5.74, 6) is 1.89. The lowest BCUT2D eigenvalue weighted by Crippen LogP contribution is -2.43. The Bertz CT molecular complexity index is 414. The maximum atomic E-state index is 9.99. The van der Waals surface area contributed by atoms with Gasteiger partial charge in [0.05, 0.1) is 12.7 Å². The predicted molar refractivity (Wildman–Crippen MR) is 86.4 cm³/mol. The molecule has 1 aromatic carbocycles. The molecule has 0 amide bonds. The van der Waals surface area contributed by atoms with Gasteiger partial charge in [0.15, 0.2) is 11.5 Å². The van der Waals surface area contributed by atoms with E-state index in [1.165, 1.54) is 0 Å². The molecule has 0 aromatic heterocycles. The third kappa shape index (κ3) is 7.04. The van der Waals surface area contributed by atoms with E-state index < -0.39 is 11.7 Å². The maximum absolute atomic E-state index is 9.99. The fraction of sp³-hybridized carbons (Fsp3) is 0.600. The van der Waals surface area contributed by atoms with Gasteiger partial charge in [-0.1, -0.05) is 12.1 Å². The molecule has 0 aliphatic carbocycles. The number of para-hydroxylation sites is 2. The van der Waals surface area contributed by atoms with Crippen LogP contribution in [0.25, 0.3) is 0 Å². The molecule has 0 fully saturated rings. The quantitative estimate of drug-likeness (QED) is 0.601. The number of nitrogens with one attached hydrogen (secondary N) is 1. The molecular weight excluding hydrogens is 290 g/mol. The van der Waals surface area contributed by atoms with E-state index in [9.17, 15) is 10.2 Å². The van der Waals surface area contributed by atoms with Gasteiger partial charge in [-0.15, -0.1) is 0 Å². The smallest absolute Gasteiger partial charge is 0.161 e. The second-order valence-electron chi connectivity index (χ2n) is 5.18. The van der Waals surface area contributed by atoms with Crippen molar-refractivity contribution in [2.24, 2.45) is 0 Å². The normalized spacial score (nSPS) is 15.3. The second-order valence-corrected chi connectivity index (χ2v) is 6.04. The molecule has 0 saturated carbocycles. The number of hydrogen-bond acceptors (Lipinski definition) is 6. The summed E-state index contributed by atoms with van der Waals surface area (Å²) >= 11 is 1.59. The molecular formula is C15H25NO4S. The largest absolute Gasteiger partial charge is 0.493 e. The summed E-state index contributed by atoms with van der Waals surface area (Å²) in [6, 6.07) is 7.31. The Labute approximate surface area is 130 Å². The molecule has 6 heteroatoms. The van der Waals surface area contributed by atoms with E-state index in [-0.39, 0.29) is 6.61 Å². The zero-order valence-corrected chi connectivity index (χ0v) is 13.7. The number of aliphatic hydroxyl groups excluding tert-OH is 1. The average molecular weight is 315 g/mol. The molecule has 5 nitrogen and oxygen atoms in total. The van der Waals surface area contributed by atoms with E-state index >= 15 is 0 Å². The highest BCUT2D eigenvalue weighted by Gasteiger charge is 2.19. The molecule has 0 bridgehead atoms. The van der Waals surface area contributed by atoms with Crippen LogP contribution in [0.4, 0.5) is 0 Å². The van der Waals surface area contributed by atoms with Crippen LogP contribution >= 0.6 is 11.8 Å². The van der Waals surface area contributed by atoms with Gasteiger partial charge in [0.1, 0.15) is 12.7 Å². The lowest BCUT2D eigenvalue weighted by Gasteiger charge is -2.23. The topological polar surface area (TPSA) is 71.0 Å². The third-order valence-corrected chi connectivity index (χ3v) is 3.75. The molecule has 21 heavy (non-hydrogen) atoms. The minimum atomic E-state index is -0.775. The summed E-state index contributed by atoms with van der Waals surface area (Å²) in [5.41, 5.74) is -0.775. The number of ether oxygens (including phenoxy) is 2. The molecule has 0 spiro atoms.